The van der Waals surface area contributed by atoms with E-state index in [0.29, 0.717) is 17.7 Å². The van der Waals surface area contributed by atoms with E-state index >= 15 is 0 Å². The van der Waals surface area contributed by atoms with Crippen LogP contribution >= 0.6 is 0 Å². The third-order valence-corrected chi connectivity index (χ3v) is 3.44. The normalized spacial score (nSPS) is 11.3. The predicted octanol–water partition coefficient (Wildman–Crippen LogP) is 3.09. The molecule has 0 aliphatic rings. The van der Waals surface area contributed by atoms with Crippen LogP contribution in [-0.4, -0.2) is 18.4 Å². The Hall–Kier alpha value is -2.88. The Morgan fingerprint density at radius 1 is 1.04 bits per heavy atom. The summed E-state index contributed by atoms with van der Waals surface area (Å²) >= 11 is 0. The smallest absolute Gasteiger partial charge is 0.251 e. The van der Waals surface area contributed by atoms with E-state index in [4.69, 9.17) is 0 Å². The molecule has 2 rings (SSSR count). The van der Waals surface area contributed by atoms with Crippen LogP contribution in [0.4, 0.5) is 0 Å². The Morgan fingerprint density at radius 2 is 1.70 bits per heavy atom. The van der Waals surface area contributed by atoms with Crippen molar-refractivity contribution in [3.8, 4) is 0 Å². The minimum atomic E-state index is -0.226. The lowest BCUT2D eigenvalue weighted by molar-refractivity contribution is 0.0940. The Labute approximate surface area is 136 Å². The summed E-state index contributed by atoms with van der Waals surface area (Å²) in [5.74, 6) is -0.435. The summed E-state index contributed by atoms with van der Waals surface area (Å²) in [6, 6.07) is 16.3. The third-order valence-electron chi connectivity index (χ3n) is 3.44. The standard InChI is InChI=1S/C19H20N2O2/c1-3-12-20-18(22)16-10-7-11-17(13-16)19(23)21-14(2)15-8-5-4-6-9-15/h3-11,13-14H,1,12H2,2H3,(H,20,22)(H,21,23). The van der Waals surface area contributed by atoms with Gasteiger partial charge in [0.05, 0.1) is 6.04 Å². The quantitative estimate of drug-likeness (QED) is 0.806. The number of carbonyl (C=O) groups excluding carboxylic acids is 2. The van der Waals surface area contributed by atoms with E-state index in [1.165, 1.54) is 0 Å². The third kappa shape index (κ3) is 4.54. The van der Waals surface area contributed by atoms with E-state index in [1.54, 1.807) is 30.3 Å². The number of carbonyl (C=O) groups is 2. The van der Waals surface area contributed by atoms with Crippen molar-refractivity contribution in [1.29, 1.82) is 0 Å². The fourth-order valence-electron chi connectivity index (χ4n) is 2.17. The highest BCUT2D eigenvalue weighted by Crippen LogP contribution is 2.13. The highest BCUT2D eigenvalue weighted by Gasteiger charge is 2.13. The Morgan fingerprint density at radius 3 is 2.35 bits per heavy atom. The topological polar surface area (TPSA) is 58.2 Å². The molecule has 0 radical (unpaired) electrons. The molecule has 2 aromatic rings. The van der Waals surface area contributed by atoms with Gasteiger partial charge in [0.1, 0.15) is 0 Å². The molecule has 0 aliphatic carbocycles. The second-order valence-electron chi connectivity index (χ2n) is 5.19. The van der Waals surface area contributed by atoms with Gasteiger partial charge in [0.15, 0.2) is 0 Å². The van der Waals surface area contributed by atoms with Crippen molar-refractivity contribution < 1.29 is 9.59 Å². The van der Waals surface area contributed by atoms with E-state index < -0.39 is 0 Å². The fourth-order valence-corrected chi connectivity index (χ4v) is 2.17. The van der Waals surface area contributed by atoms with Crippen LogP contribution in [0, 0.1) is 0 Å². The molecule has 0 aliphatic heterocycles. The molecule has 118 valence electrons. The SMILES string of the molecule is C=CCNC(=O)c1cccc(C(=O)NC(C)c2ccccc2)c1. The van der Waals surface area contributed by atoms with E-state index in [9.17, 15) is 9.59 Å². The molecule has 0 bridgehead atoms. The summed E-state index contributed by atoms with van der Waals surface area (Å²) in [6.07, 6.45) is 1.61. The van der Waals surface area contributed by atoms with Crippen molar-refractivity contribution in [1.82, 2.24) is 10.6 Å². The maximum atomic E-state index is 12.4. The minimum Gasteiger partial charge on any atom is -0.349 e. The second-order valence-corrected chi connectivity index (χ2v) is 5.19. The lowest BCUT2D eigenvalue weighted by Gasteiger charge is -2.14. The molecule has 0 fully saturated rings. The molecule has 2 N–H and O–H groups in total. The minimum absolute atomic E-state index is 0.109. The molecule has 23 heavy (non-hydrogen) atoms. The van der Waals surface area contributed by atoms with Crippen LogP contribution < -0.4 is 10.6 Å². The molecule has 2 aromatic carbocycles. The first-order valence-corrected chi connectivity index (χ1v) is 7.47. The molecule has 0 aromatic heterocycles. The van der Waals surface area contributed by atoms with Crippen LogP contribution in [0.3, 0.4) is 0 Å². The zero-order valence-corrected chi connectivity index (χ0v) is 13.1. The van der Waals surface area contributed by atoms with E-state index in [2.05, 4.69) is 17.2 Å². The van der Waals surface area contributed by atoms with Gasteiger partial charge < -0.3 is 10.6 Å². The first-order chi connectivity index (χ1) is 11.1. The maximum Gasteiger partial charge on any atom is 0.251 e. The number of benzene rings is 2. The molecular weight excluding hydrogens is 288 g/mol. The zero-order valence-electron chi connectivity index (χ0n) is 13.1. The zero-order chi connectivity index (χ0) is 16.7. The monoisotopic (exact) mass is 308 g/mol. The van der Waals surface area contributed by atoms with E-state index in [0.717, 1.165) is 5.56 Å². The highest BCUT2D eigenvalue weighted by molar-refractivity contribution is 5.99. The largest absolute Gasteiger partial charge is 0.349 e. The van der Waals surface area contributed by atoms with Crippen molar-refractivity contribution in [3.05, 3.63) is 83.9 Å². The predicted molar refractivity (Wildman–Crippen MR) is 91.3 cm³/mol. The van der Waals surface area contributed by atoms with E-state index in [1.807, 2.05) is 37.3 Å². The summed E-state index contributed by atoms with van der Waals surface area (Å²) in [7, 11) is 0. The Kier molecular flexibility index (Phi) is 5.69. The van der Waals surface area contributed by atoms with E-state index in [-0.39, 0.29) is 17.9 Å². The van der Waals surface area contributed by atoms with Crippen molar-refractivity contribution in [2.75, 3.05) is 6.54 Å². The molecule has 0 spiro atoms. The average molecular weight is 308 g/mol. The number of hydrogen-bond donors (Lipinski definition) is 2. The van der Waals surface area contributed by atoms with Crippen LogP contribution in [0.25, 0.3) is 0 Å². The Balaban J connectivity index is 2.07. The van der Waals surface area contributed by atoms with Gasteiger partial charge >= 0.3 is 0 Å². The first-order valence-electron chi connectivity index (χ1n) is 7.47. The van der Waals surface area contributed by atoms with Crippen molar-refractivity contribution in [3.63, 3.8) is 0 Å². The maximum absolute atomic E-state index is 12.4. The molecule has 2 amide bonds. The van der Waals surface area contributed by atoms with Crippen molar-refractivity contribution >= 4 is 11.8 Å². The molecule has 4 nitrogen and oxygen atoms in total. The average Bonchev–Trinajstić information content (AvgIpc) is 2.60. The van der Waals surface area contributed by atoms with Gasteiger partial charge in [0.25, 0.3) is 11.8 Å². The van der Waals surface area contributed by atoms with Crippen LogP contribution in [0.15, 0.2) is 67.3 Å². The van der Waals surface area contributed by atoms with Gasteiger partial charge in [-0.1, -0.05) is 42.5 Å². The lowest BCUT2D eigenvalue weighted by Crippen LogP contribution is -2.27. The first kappa shape index (κ1) is 16.5. The fraction of sp³-hybridized carbons (Fsp3) is 0.158. The Bertz CT molecular complexity index is 696. The lowest BCUT2D eigenvalue weighted by atomic mass is 10.1. The number of amides is 2. The van der Waals surface area contributed by atoms with Crippen molar-refractivity contribution in [2.24, 2.45) is 0 Å². The molecule has 1 atom stereocenters. The molecule has 0 heterocycles. The summed E-state index contributed by atoms with van der Waals surface area (Å²) in [6.45, 7) is 5.87. The van der Waals surface area contributed by atoms with Crippen LogP contribution in [0.2, 0.25) is 0 Å². The summed E-state index contributed by atoms with van der Waals surface area (Å²) in [5, 5.41) is 5.63. The molecule has 4 heteroatoms. The number of hydrogen-bond acceptors (Lipinski definition) is 2. The van der Waals surface area contributed by atoms with Gasteiger partial charge in [-0.2, -0.15) is 0 Å². The van der Waals surface area contributed by atoms with Crippen LogP contribution in [0.1, 0.15) is 39.2 Å². The van der Waals surface area contributed by atoms with Gasteiger partial charge in [0, 0.05) is 17.7 Å². The molecule has 1 unspecified atom stereocenters. The summed E-state index contributed by atoms with van der Waals surface area (Å²) in [4.78, 5) is 24.3. The van der Waals surface area contributed by atoms with Crippen LogP contribution in [-0.2, 0) is 0 Å². The van der Waals surface area contributed by atoms with Gasteiger partial charge in [-0.25, -0.2) is 0 Å². The molecule has 0 saturated carbocycles. The molecule has 0 saturated heterocycles. The summed E-state index contributed by atoms with van der Waals surface area (Å²) < 4.78 is 0. The van der Waals surface area contributed by atoms with Crippen LogP contribution in [0.5, 0.6) is 0 Å². The van der Waals surface area contributed by atoms with Gasteiger partial charge in [-0.05, 0) is 30.7 Å². The number of rotatable bonds is 6. The number of nitrogens with one attached hydrogen (secondary N) is 2. The highest BCUT2D eigenvalue weighted by atomic mass is 16.2. The van der Waals surface area contributed by atoms with Gasteiger partial charge in [0.2, 0.25) is 0 Å². The summed E-state index contributed by atoms with van der Waals surface area (Å²) in [5.41, 5.74) is 1.94. The van der Waals surface area contributed by atoms with Gasteiger partial charge in [-0.3, -0.25) is 9.59 Å². The molecular formula is C19H20N2O2. The second kappa shape index (κ2) is 7.94. The van der Waals surface area contributed by atoms with Gasteiger partial charge in [-0.15, -0.1) is 6.58 Å². The van der Waals surface area contributed by atoms with Crippen molar-refractivity contribution in [2.45, 2.75) is 13.0 Å².